The van der Waals surface area contributed by atoms with Crippen molar-refractivity contribution in [1.82, 2.24) is 4.90 Å². The largest absolute Gasteiger partial charge is 0.872 e. The second kappa shape index (κ2) is 10.3. The van der Waals surface area contributed by atoms with Crippen LogP contribution in [0, 0.1) is 0 Å². The molecule has 0 spiro atoms. The Hall–Kier alpha value is -3.32. The first-order valence-electron chi connectivity index (χ1n) is 10.8. The Balaban J connectivity index is 2.07. The van der Waals surface area contributed by atoms with Crippen LogP contribution in [0.1, 0.15) is 30.5 Å². The first-order valence-corrected chi connectivity index (χ1v) is 10.8. The predicted octanol–water partition coefficient (Wildman–Crippen LogP) is 0.853. The van der Waals surface area contributed by atoms with E-state index < -0.39 is 23.5 Å². The van der Waals surface area contributed by atoms with Crippen molar-refractivity contribution in [3.8, 4) is 11.5 Å². The Labute approximate surface area is 188 Å². The highest BCUT2D eigenvalue weighted by molar-refractivity contribution is 6.46. The molecule has 0 saturated carbocycles. The van der Waals surface area contributed by atoms with Gasteiger partial charge in [-0.2, -0.15) is 0 Å². The molecule has 0 bridgehead atoms. The number of carbonyl (C=O) groups is 2. The van der Waals surface area contributed by atoms with E-state index >= 15 is 0 Å². The summed E-state index contributed by atoms with van der Waals surface area (Å²) < 4.78 is 10.7. The van der Waals surface area contributed by atoms with E-state index in [9.17, 15) is 14.7 Å². The predicted molar refractivity (Wildman–Crippen MR) is 119 cm³/mol. The van der Waals surface area contributed by atoms with Gasteiger partial charge in [0.05, 0.1) is 40.4 Å². The van der Waals surface area contributed by atoms with Crippen LogP contribution in [0.4, 0.5) is 0 Å². The number of ketones is 1. The molecule has 7 nitrogen and oxygen atoms in total. The second-order valence-electron chi connectivity index (χ2n) is 8.02. The van der Waals surface area contributed by atoms with Crippen molar-refractivity contribution in [3.05, 3.63) is 65.2 Å². The van der Waals surface area contributed by atoms with Gasteiger partial charge in [-0.05, 0) is 42.3 Å². The molecule has 1 atom stereocenters. The second-order valence-corrected chi connectivity index (χ2v) is 8.02. The Morgan fingerprint density at radius 1 is 1.09 bits per heavy atom. The van der Waals surface area contributed by atoms with Crippen molar-refractivity contribution in [2.24, 2.45) is 0 Å². The third-order valence-corrected chi connectivity index (χ3v) is 5.44. The molecule has 1 aliphatic heterocycles. The van der Waals surface area contributed by atoms with Gasteiger partial charge in [0.2, 0.25) is 5.78 Å². The summed E-state index contributed by atoms with van der Waals surface area (Å²) in [6.45, 7) is 3.66. The number of carbonyl (C=O) groups excluding carboxylic acids is 2. The van der Waals surface area contributed by atoms with E-state index in [4.69, 9.17) is 9.47 Å². The van der Waals surface area contributed by atoms with Crippen LogP contribution in [0.5, 0.6) is 11.5 Å². The summed E-state index contributed by atoms with van der Waals surface area (Å²) in [6, 6.07) is 13.1. The van der Waals surface area contributed by atoms with Gasteiger partial charge in [-0.1, -0.05) is 30.0 Å². The molecule has 170 valence electrons. The van der Waals surface area contributed by atoms with Gasteiger partial charge in [-0.3, -0.25) is 9.59 Å². The molecule has 0 aromatic heterocycles. The van der Waals surface area contributed by atoms with Gasteiger partial charge in [-0.25, -0.2) is 0 Å². The summed E-state index contributed by atoms with van der Waals surface area (Å²) in [7, 11) is 5.58. The maximum Gasteiger partial charge on any atom is 0.295 e. The number of amides is 1. The number of hydrogen-bond acceptors (Lipinski definition) is 5. The first kappa shape index (κ1) is 23.3. The summed E-state index contributed by atoms with van der Waals surface area (Å²) in [6.07, 6.45) is 0.718. The van der Waals surface area contributed by atoms with Crippen molar-refractivity contribution < 1.29 is 29.1 Å². The number of nitrogens with zero attached hydrogens (tertiary/aromatic N) is 1. The Kier molecular flexibility index (Phi) is 7.53. The summed E-state index contributed by atoms with van der Waals surface area (Å²) in [4.78, 5) is 28.7. The van der Waals surface area contributed by atoms with E-state index in [2.05, 4.69) is 0 Å². The molecule has 7 heteroatoms. The zero-order valence-corrected chi connectivity index (χ0v) is 19.0. The number of hydrogen-bond donors (Lipinski definition) is 1. The molecule has 1 saturated heterocycles. The van der Waals surface area contributed by atoms with E-state index in [1.165, 1.54) is 16.9 Å². The first-order chi connectivity index (χ1) is 15.4. The summed E-state index contributed by atoms with van der Waals surface area (Å²) in [5.74, 6) is -0.633. The molecular formula is C25H30N2O5. The molecule has 1 N–H and O–H groups in total. The number of rotatable bonds is 9. The molecule has 1 unspecified atom stereocenters. The van der Waals surface area contributed by atoms with Gasteiger partial charge in [0.1, 0.15) is 11.5 Å². The number of methoxy groups -OCH3 is 1. The lowest BCUT2D eigenvalue weighted by atomic mass is 9.95. The highest BCUT2D eigenvalue weighted by atomic mass is 16.5. The smallest absolute Gasteiger partial charge is 0.295 e. The minimum absolute atomic E-state index is 0.0235. The lowest BCUT2D eigenvalue weighted by molar-refractivity contribution is -0.858. The van der Waals surface area contributed by atoms with Crippen LogP contribution in [0.15, 0.2) is 54.1 Å². The third kappa shape index (κ3) is 4.94. The maximum absolute atomic E-state index is 13.4. The molecular weight excluding hydrogens is 408 g/mol. The van der Waals surface area contributed by atoms with Gasteiger partial charge in [-0.15, -0.1) is 0 Å². The zero-order valence-electron chi connectivity index (χ0n) is 19.0. The van der Waals surface area contributed by atoms with E-state index in [1.807, 2.05) is 33.2 Å². The number of ether oxygens (including phenoxy) is 2. The Morgan fingerprint density at radius 2 is 1.81 bits per heavy atom. The number of benzene rings is 2. The average molecular weight is 439 g/mol. The van der Waals surface area contributed by atoms with Crippen LogP contribution in [0.3, 0.4) is 0 Å². The fourth-order valence-electron chi connectivity index (χ4n) is 3.88. The fraction of sp³-hybridized carbons (Fsp3) is 0.360. The average Bonchev–Trinajstić information content (AvgIpc) is 3.04. The third-order valence-electron chi connectivity index (χ3n) is 5.44. The monoisotopic (exact) mass is 438 g/mol. The van der Waals surface area contributed by atoms with Gasteiger partial charge in [0.25, 0.3) is 5.91 Å². The Morgan fingerprint density at radius 3 is 2.44 bits per heavy atom. The van der Waals surface area contributed by atoms with Crippen molar-refractivity contribution in [2.45, 2.75) is 19.4 Å². The zero-order chi connectivity index (χ0) is 23.3. The molecule has 1 fully saturated rings. The number of Topliss-reactive ketones (excluding diaryl/α,β-unsaturated/α-hetero) is 1. The normalized spacial score (nSPS) is 17.8. The van der Waals surface area contributed by atoms with Crippen LogP contribution in [-0.2, 0) is 9.59 Å². The van der Waals surface area contributed by atoms with Crippen molar-refractivity contribution in [3.63, 3.8) is 0 Å². The molecule has 2 aromatic rings. The van der Waals surface area contributed by atoms with Crippen LogP contribution >= 0.6 is 0 Å². The molecule has 0 aliphatic carbocycles. The lowest BCUT2D eigenvalue weighted by Crippen LogP contribution is -3.05. The van der Waals surface area contributed by atoms with Gasteiger partial charge in [0, 0.05) is 18.5 Å². The number of nitrogens with one attached hydrogen (secondary N) is 1. The van der Waals surface area contributed by atoms with E-state index in [0.717, 1.165) is 13.0 Å². The molecule has 1 amide bonds. The topological polar surface area (TPSA) is 83.3 Å². The molecule has 32 heavy (non-hydrogen) atoms. The van der Waals surface area contributed by atoms with Gasteiger partial charge < -0.3 is 24.4 Å². The number of likely N-dealkylation sites (tertiary alicyclic amines) is 1. The Bertz CT molecular complexity index is 998. The maximum atomic E-state index is 13.4. The molecule has 2 aromatic carbocycles. The quantitative estimate of drug-likeness (QED) is 0.357. The van der Waals surface area contributed by atoms with E-state index in [-0.39, 0.29) is 5.57 Å². The molecule has 3 rings (SSSR count). The van der Waals surface area contributed by atoms with Gasteiger partial charge >= 0.3 is 0 Å². The fourth-order valence-corrected chi connectivity index (χ4v) is 3.88. The van der Waals surface area contributed by atoms with Gasteiger partial charge in [0.15, 0.2) is 0 Å². The van der Waals surface area contributed by atoms with Crippen LogP contribution in [0.25, 0.3) is 5.76 Å². The SMILES string of the molecule is CCOc1ccc(C2C(=C([O-])c3cccc(OC)c3)C(=O)C(=O)N2CCC[NH+](C)C)cc1. The molecule has 1 aliphatic rings. The van der Waals surface area contributed by atoms with Crippen molar-refractivity contribution in [2.75, 3.05) is 40.9 Å². The minimum Gasteiger partial charge on any atom is -0.872 e. The highest BCUT2D eigenvalue weighted by Gasteiger charge is 2.43. The summed E-state index contributed by atoms with van der Waals surface area (Å²) >= 11 is 0. The van der Waals surface area contributed by atoms with Crippen LogP contribution in [-0.4, -0.2) is 57.5 Å². The highest BCUT2D eigenvalue weighted by Crippen LogP contribution is 2.39. The molecule has 0 radical (unpaired) electrons. The van der Waals surface area contributed by atoms with E-state index in [1.54, 1.807) is 36.4 Å². The van der Waals surface area contributed by atoms with Crippen LogP contribution < -0.4 is 19.5 Å². The van der Waals surface area contributed by atoms with Crippen molar-refractivity contribution in [1.29, 1.82) is 0 Å². The van der Waals surface area contributed by atoms with E-state index in [0.29, 0.717) is 35.8 Å². The van der Waals surface area contributed by atoms with Crippen LogP contribution in [0.2, 0.25) is 0 Å². The van der Waals surface area contributed by atoms with Crippen molar-refractivity contribution >= 4 is 17.4 Å². The standard InChI is InChI=1S/C25H30N2O5/c1-5-32-19-12-10-17(11-13-19)22-21(23(28)18-8-6-9-20(16-18)31-4)24(29)25(30)27(22)15-7-14-26(2)3/h6,8-13,16,22,28H,5,7,14-15H2,1-4H3. The lowest BCUT2D eigenvalue weighted by Gasteiger charge is -2.28. The number of quaternary nitrogens is 1. The summed E-state index contributed by atoms with van der Waals surface area (Å²) in [5, 5.41) is 13.4. The minimum atomic E-state index is -0.742. The summed E-state index contributed by atoms with van der Waals surface area (Å²) in [5.41, 5.74) is 0.997. The molecule has 1 heterocycles.